The summed E-state index contributed by atoms with van der Waals surface area (Å²) in [4.78, 5) is 11.7. The molecule has 0 aromatic heterocycles. The molecule has 0 unspecified atom stereocenters. The molecule has 0 fully saturated rings. The number of hydrogen-bond acceptors (Lipinski definition) is 5. The van der Waals surface area contributed by atoms with Gasteiger partial charge in [-0.1, -0.05) is 0 Å². The number of carbonyl (C=O) groups excluding carboxylic acids is 1. The van der Waals surface area contributed by atoms with E-state index in [1.165, 1.54) is 28.3 Å². The number of rotatable bonds is 3. The highest BCUT2D eigenvalue weighted by Gasteiger charge is 2.38. The van der Waals surface area contributed by atoms with Crippen LogP contribution in [0.3, 0.4) is 0 Å². The van der Waals surface area contributed by atoms with Crippen LogP contribution in [0.4, 0.5) is 5.69 Å². The SMILES string of the molecule is CNC(=O)C1=C(C)c2cc(OC)c(OC)cc2N(C)S1(=O)=O. The molecule has 0 atom stereocenters. The van der Waals surface area contributed by atoms with Gasteiger partial charge in [-0.3, -0.25) is 9.10 Å². The number of hydrogen-bond donors (Lipinski definition) is 1. The van der Waals surface area contributed by atoms with Gasteiger partial charge in [0, 0.05) is 25.7 Å². The Balaban J connectivity index is 2.85. The zero-order valence-electron chi connectivity index (χ0n) is 13.1. The molecule has 0 saturated heterocycles. The number of allylic oxidation sites excluding steroid dienone is 1. The number of nitrogens with one attached hydrogen (secondary N) is 1. The van der Waals surface area contributed by atoms with Gasteiger partial charge in [0.05, 0.1) is 19.9 Å². The van der Waals surface area contributed by atoms with Crippen molar-refractivity contribution in [2.75, 3.05) is 32.6 Å². The lowest BCUT2D eigenvalue weighted by Crippen LogP contribution is -2.38. The first kappa shape index (κ1) is 16.2. The van der Waals surface area contributed by atoms with Crippen LogP contribution in [0.5, 0.6) is 11.5 Å². The van der Waals surface area contributed by atoms with Crippen LogP contribution >= 0.6 is 0 Å². The molecular weight excluding hydrogens is 308 g/mol. The Morgan fingerprint density at radius 1 is 1.18 bits per heavy atom. The van der Waals surface area contributed by atoms with Crippen molar-refractivity contribution in [2.24, 2.45) is 0 Å². The zero-order chi connectivity index (χ0) is 16.7. The predicted molar refractivity (Wildman–Crippen MR) is 83.5 cm³/mol. The highest BCUT2D eigenvalue weighted by Crippen LogP contribution is 2.44. The molecule has 0 bridgehead atoms. The Labute approximate surface area is 129 Å². The monoisotopic (exact) mass is 326 g/mol. The van der Waals surface area contributed by atoms with Gasteiger partial charge >= 0.3 is 0 Å². The second kappa shape index (κ2) is 5.53. The zero-order valence-corrected chi connectivity index (χ0v) is 13.9. The van der Waals surface area contributed by atoms with Crippen molar-refractivity contribution in [3.05, 3.63) is 22.6 Å². The topological polar surface area (TPSA) is 84.9 Å². The van der Waals surface area contributed by atoms with Crippen LogP contribution in [0, 0.1) is 0 Å². The van der Waals surface area contributed by atoms with Gasteiger partial charge < -0.3 is 14.8 Å². The first-order chi connectivity index (χ1) is 10.3. The van der Waals surface area contributed by atoms with E-state index in [0.29, 0.717) is 28.3 Å². The maximum Gasteiger partial charge on any atom is 0.269 e. The van der Waals surface area contributed by atoms with Gasteiger partial charge in [-0.25, -0.2) is 8.42 Å². The summed E-state index contributed by atoms with van der Waals surface area (Å²) in [5.41, 5.74) is 1.41. The summed E-state index contributed by atoms with van der Waals surface area (Å²) in [7, 11) is 1.84. The highest BCUT2D eigenvalue weighted by atomic mass is 32.2. The Morgan fingerprint density at radius 2 is 1.73 bits per heavy atom. The van der Waals surface area contributed by atoms with Crippen molar-refractivity contribution in [1.82, 2.24) is 5.32 Å². The molecule has 1 aliphatic heterocycles. The second-order valence-corrected chi connectivity index (χ2v) is 6.64. The minimum Gasteiger partial charge on any atom is -0.493 e. The molecule has 0 saturated carbocycles. The van der Waals surface area contributed by atoms with E-state index in [4.69, 9.17) is 9.47 Å². The molecule has 0 spiro atoms. The van der Waals surface area contributed by atoms with Crippen LogP contribution in [0.15, 0.2) is 17.0 Å². The third-order valence-corrected chi connectivity index (χ3v) is 5.56. The number of sulfonamides is 1. The van der Waals surface area contributed by atoms with Crippen molar-refractivity contribution < 1.29 is 22.7 Å². The van der Waals surface area contributed by atoms with Crippen LogP contribution in [-0.2, 0) is 14.8 Å². The van der Waals surface area contributed by atoms with Crippen LogP contribution in [0.1, 0.15) is 12.5 Å². The van der Waals surface area contributed by atoms with E-state index in [-0.39, 0.29) is 4.91 Å². The van der Waals surface area contributed by atoms with E-state index in [0.717, 1.165) is 4.31 Å². The molecule has 1 aliphatic rings. The molecule has 1 N–H and O–H groups in total. The van der Waals surface area contributed by atoms with Crippen LogP contribution in [0.25, 0.3) is 5.57 Å². The molecule has 1 heterocycles. The molecule has 0 aliphatic carbocycles. The number of methoxy groups -OCH3 is 2. The number of fused-ring (bicyclic) bond motifs is 1. The van der Waals surface area contributed by atoms with Crippen LogP contribution in [-0.4, -0.2) is 42.6 Å². The molecule has 1 amide bonds. The van der Waals surface area contributed by atoms with Crippen molar-refractivity contribution in [1.29, 1.82) is 0 Å². The lowest BCUT2D eigenvalue weighted by molar-refractivity contribution is -0.116. The van der Waals surface area contributed by atoms with E-state index in [1.807, 2.05) is 0 Å². The molecule has 120 valence electrons. The first-order valence-electron chi connectivity index (χ1n) is 6.47. The van der Waals surface area contributed by atoms with Crippen molar-refractivity contribution in [3.63, 3.8) is 0 Å². The third kappa shape index (κ3) is 2.19. The molecular formula is C14H18N2O5S. The second-order valence-electron chi connectivity index (χ2n) is 4.73. The van der Waals surface area contributed by atoms with Gasteiger partial charge in [0.2, 0.25) is 0 Å². The summed E-state index contributed by atoms with van der Waals surface area (Å²) in [6, 6.07) is 3.24. The van der Waals surface area contributed by atoms with E-state index >= 15 is 0 Å². The largest absolute Gasteiger partial charge is 0.493 e. The van der Waals surface area contributed by atoms with Crippen LogP contribution < -0.4 is 19.1 Å². The van der Waals surface area contributed by atoms with Crippen LogP contribution in [0.2, 0.25) is 0 Å². The standard InChI is InChI=1S/C14H18N2O5S/c1-8-9-6-11(20-4)12(21-5)7-10(9)16(3)22(18,19)13(8)14(17)15-2/h6-7H,1-5H3,(H,15,17). The maximum atomic E-state index is 12.6. The minimum absolute atomic E-state index is 0.266. The van der Waals surface area contributed by atoms with E-state index in [2.05, 4.69) is 5.32 Å². The molecule has 2 rings (SSSR count). The third-order valence-electron chi connectivity index (χ3n) is 3.64. The number of ether oxygens (including phenoxy) is 2. The number of nitrogens with zero attached hydrogens (tertiary/aromatic N) is 1. The lowest BCUT2D eigenvalue weighted by atomic mass is 10.0. The van der Waals surface area contributed by atoms with E-state index in [1.54, 1.807) is 19.1 Å². The first-order valence-corrected chi connectivity index (χ1v) is 7.91. The molecule has 0 radical (unpaired) electrons. The van der Waals surface area contributed by atoms with E-state index < -0.39 is 15.9 Å². The van der Waals surface area contributed by atoms with Gasteiger partial charge in [-0.05, 0) is 18.6 Å². The fraction of sp³-hybridized carbons (Fsp3) is 0.357. The number of anilines is 1. The van der Waals surface area contributed by atoms with Gasteiger partial charge in [-0.2, -0.15) is 0 Å². The number of benzene rings is 1. The quantitative estimate of drug-likeness (QED) is 0.894. The lowest BCUT2D eigenvalue weighted by Gasteiger charge is -2.30. The highest BCUT2D eigenvalue weighted by molar-refractivity contribution is 7.97. The van der Waals surface area contributed by atoms with Gasteiger partial charge in [-0.15, -0.1) is 0 Å². The molecule has 8 heteroatoms. The Hall–Kier alpha value is -2.22. The maximum absolute atomic E-state index is 12.6. The van der Waals surface area contributed by atoms with Gasteiger partial charge in [0.1, 0.15) is 0 Å². The summed E-state index contributed by atoms with van der Waals surface area (Å²) in [5.74, 6) is 0.230. The van der Waals surface area contributed by atoms with Crippen molar-refractivity contribution >= 4 is 27.2 Å². The summed E-state index contributed by atoms with van der Waals surface area (Å²) in [5, 5.41) is 2.36. The Kier molecular flexibility index (Phi) is 4.06. The summed E-state index contributed by atoms with van der Waals surface area (Å²) >= 11 is 0. The number of likely N-dealkylation sites (N-methyl/N-ethyl adjacent to an activating group) is 1. The van der Waals surface area contributed by atoms with Crippen molar-refractivity contribution in [2.45, 2.75) is 6.92 Å². The summed E-state index contributed by atoms with van der Waals surface area (Å²) in [6.07, 6.45) is 0. The van der Waals surface area contributed by atoms with Gasteiger partial charge in [0.25, 0.3) is 15.9 Å². The Bertz CT molecular complexity index is 768. The molecule has 1 aromatic carbocycles. The fourth-order valence-corrected chi connectivity index (χ4v) is 3.93. The minimum atomic E-state index is -3.92. The number of carbonyl (C=O) groups is 1. The predicted octanol–water partition coefficient (Wildman–Crippen LogP) is 0.960. The molecule has 22 heavy (non-hydrogen) atoms. The number of amides is 1. The smallest absolute Gasteiger partial charge is 0.269 e. The molecule has 1 aromatic rings. The normalized spacial score (nSPS) is 16.1. The fourth-order valence-electron chi connectivity index (χ4n) is 2.41. The van der Waals surface area contributed by atoms with E-state index in [9.17, 15) is 13.2 Å². The average molecular weight is 326 g/mol. The van der Waals surface area contributed by atoms with Gasteiger partial charge in [0.15, 0.2) is 16.4 Å². The Morgan fingerprint density at radius 3 is 2.23 bits per heavy atom. The summed E-state index contributed by atoms with van der Waals surface area (Å²) < 4.78 is 36.7. The average Bonchev–Trinajstić information content (AvgIpc) is 2.51. The van der Waals surface area contributed by atoms with Crippen molar-refractivity contribution in [3.8, 4) is 11.5 Å². The molecule has 7 nitrogen and oxygen atoms in total. The summed E-state index contributed by atoms with van der Waals surface area (Å²) in [6.45, 7) is 1.60.